The van der Waals surface area contributed by atoms with Crippen LogP contribution in [0.2, 0.25) is 0 Å². The second-order valence-electron chi connectivity index (χ2n) is 6.73. The predicted octanol–water partition coefficient (Wildman–Crippen LogP) is 4.06. The van der Waals surface area contributed by atoms with E-state index in [1.807, 2.05) is 48.5 Å². The minimum absolute atomic E-state index is 0.0926. The van der Waals surface area contributed by atoms with Crippen LogP contribution in [0.1, 0.15) is 0 Å². The number of nitrogens with one attached hydrogen (secondary N) is 1. The van der Waals surface area contributed by atoms with Crippen LogP contribution in [-0.4, -0.2) is 39.1 Å². The van der Waals surface area contributed by atoms with E-state index in [0.717, 1.165) is 26.1 Å². The van der Waals surface area contributed by atoms with Crippen molar-refractivity contribution in [2.45, 2.75) is 17.0 Å². The van der Waals surface area contributed by atoms with E-state index in [9.17, 15) is 4.79 Å². The Morgan fingerprint density at radius 3 is 2.93 bits per heavy atom. The highest BCUT2D eigenvalue weighted by molar-refractivity contribution is 8.01. The maximum absolute atomic E-state index is 12.3. The monoisotopic (exact) mass is 438 g/mol. The van der Waals surface area contributed by atoms with E-state index < -0.39 is 0 Å². The number of rotatable bonds is 6. The zero-order chi connectivity index (χ0) is 20.3. The molecule has 0 saturated carbocycles. The van der Waals surface area contributed by atoms with Crippen LogP contribution in [0.4, 0.5) is 5.69 Å². The standard InChI is InChI=1S/C21H18N4O3S2/c26-20(13-29-21-24-16-5-1-4-8-19(16)30-21)23-14-9-22-25(10-14)11-15-12-27-17-6-2-3-7-18(17)28-15/h1-10,15H,11-13H2,(H,23,26). The molecule has 4 aromatic rings. The molecule has 1 amide bonds. The smallest absolute Gasteiger partial charge is 0.234 e. The summed E-state index contributed by atoms with van der Waals surface area (Å²) in [6.07, 6.45) is 3.29. The average Bonchev–Trinajstić information content (AvgIpc) is 3.38. The third kappa shape index (κ3) is 4.27. The first kappa shape index (κ1) is 19.0. The van der Waals surface area contributed by atoms with Crippen LogP contribution in [0.5, 0.6) is 11.5 Å². The van der Waals surface area contributed by atoms with E-state index in [1.165, 1.54) is 11.8 Å². The van der Waals surface area contributed by atoms with Crippen LogP contribution in [0.3, 0.4) is 0 Å². The number of benzene rings is 2. The summed E-state index contributed by atoms with van der Waals surface area (Å²) in [4.78, 5) is 16.8. The summed E-state index contributed by atoms with van der Waals surface area (Å²) >= 11 is 3.03. The zero-order valence-electron chi connectivity index (χ0n) is 15.9. The number of nitrogens with zero attached hydrogens (tertiary/aromatic N) is 3. The molecule has 1 N–H and O–H groups in total. The van der Waals surface area contributed by atoms with Gasteiger partial charge in [-0.1, -0.05) is 36.0 Å². The molecule has 152 valence electrons. The Hall–Kier alpha value is -3.04. The highest BCUT2D eigenvalue weighted by Gasteiger charge is 2.21. The molecule has 1 aliphatic rings. The fourth-order valence-electron chi connectivity index (χ4n) is 3.13. The Bertz CT molecular complexity index is 1160. The van der Waals surface area contributed by atoms with Gasteiger partial charge in [0.2, 0.25) is 5.91 Å². The highest BCUT2D eigenvalue weighted by Crippen LogP contribution is 2.31. The van der Waals surface area contributed by atoms with Crippen molar-refractivity contribution in [3.05, 3.63) is 60.9 Å². The third-order valence-corrected chi connectivity index (χ3v) is 6.66. The van der Waals surface area contributed by atoms with Gasteiger partial charge >= 0.3 is 0 Å². The molecule has 1 aliphatic heterocycles. The second-order valence-corrected chi connectivity index (χ2v) is 8.99. The van der Waals surface area contributed by atoms with E-state index >= 15 is 0 Å². The van der Waals surface area contributed by atoms with E-state index in [0.29, 0.717) is 24.6 Å². The molecule has 0 fully saturated rings. The lowest BCUT2D eigenvalue weighted by Gasteiger charge is -2.26. The Kier molecular flexibility index (Phi) is 5.29. The summed E-state index contributed by atoms with van der Waals surface area (Å²) in [6.45, 7) is 0.988. The van der Waals surface area contributed by atoms with Crippen molar-refractivity contribution in [3.63, 3.8) is 0 Å². The molecule has 9 heteroatoms. The number of fused-ring (bicyclic) bond motifs is 2. The molecule has 0 radical (unpaired) electrons. The fourth-order valence-corrected chi connectivity index (χ4v) is 5.00. The molecule has 2 aromatic heterocycles. The fraction of sp³-hybridized carbons (Fsp3) is 0.190. The normalized spacial score (nSPS) is 15.3. The lowest BCUT2D eigenvalue weighted by molar-refractivity contribution is -0.113. The van der Waals surface area contributed by atoms with Gasteiger partial charge in [-0.3, -0.25) is 9.48 Å². The maximum atomic E-state index is 12.3. The summed E-state index contributed by atoms with van der Waals surface area (Å²) in [5.41, 5.74) is 1.62. The van der Waals surface area contributed by atoms with Crippen molar-refractivity contribution >= 4 is 44.9 Å². The quantitative estimate of drug-likeness (QED) is 0.458. The van der Waals surface area contributed by atoms with Gasteiger partial charge in [-0.2, -0.15) is 5.10 Å². The van der Waals surface area contributed by atoms with Gasteiger partial charge in [0.1, 0.15) is 6.61 Å². The molecule has 2 aromatic carbocycles. The SMILES string of the molecule is O=C(CSc1nc2ccccc2s1)Nc1cnn(CC2COc3ccccc3O2)c1. The number of amides is 1. The van der Waals surface area contributed by atoms with E-state index in [1.54, 1.807) is 28.4 Å². The summed E-state index contributed by atoms with van der Waals surface area (Å²) in [6, 6.07) is 15.6. The molecule has 0 spiro atoms. The number of ether oxygens (including phenoxy) is 2. The van der Waals surface area contributed by atoms with Crippen molar-refractivity contribution in [2.24, 2.45) is 0 Å². The van der Waals surface area contributed by atoms with Gasteiger partial charge in [0.25, 0.3) is 0 Å². The number of aromatic nitrogens is 3. The van der Waals surface area contributed by atoms with Gasteiger partial charge in [0.05, 0.1) is 34.4 Å². The lowest BCUT2D eigenvalue weighted by atomic mass is 10.2. The van der Waals surface area contributed by atoms with E-state index in [2.05, 4.69) is 15.4 Å². The Morgan fingerprint density at radius 1 is 1.20 bits per heavy atom. The summed E-state index contributed by atoms with van der Waals surface area (Å²) < 4.78 is 15.4. The summed E-state index contributed by atoms with van der Waals surface area (Å²) in [5, 5.41) is 7.20. The van der Waals surface area contributed by atoms with Gasteiger partial charge in [-0.05, 0) is 24.3 Å². The van der Waals surface area contributed by atoms with Crippen molar-refractivity contribution in [1.29, 1.82) is 0 Å². The number of thioether (sulfide) groups is 1. The number of hydrogen-bond donors (Lipinski definition) is 1. The number of para-hydroxylation sites is 3. The van der Waals surface area contributed by atoms with Crippen LogP contribution in [0, 0.1) is 0 Å². The minimum Gasteiger partial charge on any atom is -0.486 e. The highest BCUT2D eigenvalue weighted by atomic mass is 32.2. The van der Waals surface area contributed by atoms with Crippen LogP contribution >= 0.6 is 23.1 Å². The lowest BCUT2D eigenvalue weighted by Crippen LogP contribution is -2.33. The Balaban J connectivity index is 1.13. The van der Waals surface area contributed by atoms with Crippen molar-refractivity contribution in [2.75, 3.05) is 17.7 Å². The molecule has 30 heavy (non-hydrogen) atoms. The third-order valence-electron chi connectivity index (χ3n) is 4.48. The molecule has 1 atom stereocenters. The van der Waals surface area contributed by atoms with E-state index in [4.69, 9.17) is 9.47 Å². The molecule has 3 heterocycles. The number of carbonyl (C=O) groups is 1. The predicted molar refractivity (Wildman–Crippen MR) is 118 cm³/mol. The van der Waals surface area contributed by atoms with Crippen LogP contribution in [0.15, 0.2) is 65.3 Å². The minimum atomic E-state index is -0.141. The van der Waals surface area contributed by atoms with E-state index in [-0.39, 0.29) is 12.0 Å². The van der Waals surface area contributed by atoms with Gasteiger partial charge in [-0.25, -0.2) is 4.98 Å². The van der Waals surface area contributed by atoms with Gasteiger partial charge in [0.15, 0.2) is 21.9 Å². The van der Waals surface area contributed by atoms with Crippen LogP contribution < -0.4 is 14.8 Å². The van der Waals surface area contributed by atoms with Crippen molar-refractivity contribution in [1.82, 2.24) is 14.8 Å². The molecule has 0 saturated heterocycles. The molecule has 0 bridgehead atoms. The molecular weight excluding hydrogens is 420 g/mol. The van der Waals surface area contributed by atoms with Crippen molar-refractivity contribution < 1.29 is 14.3 Å². The first-order valence-electron chi connectivity index (χ1n) is 9.42. The molecular formula is C21H18N4O3S2. The first-order chi connectivity index (χ1) is 14.7. The topological polar surface area (TPSA) is 78.3 Å². The number of carbonyl (C=O) groups excluding carboxylic acids is 1. The summed E-state index contributed by atoms with van der Waals surface area (Å²) in [7, 11) is 0. The Labute approximate surface area is 181 Å². The number of thiazole rings is 1. The average molecular weight is 439 g/mol. The number of hydrogen-bond acceptors (Lipinski definition) is 7. The van der Waals surface area contributed by atoms with Gasteiger partial charge in [-0.15, -0.1) is 11.3 Å². The van der Waals surface area contributed by atoms with Gasteiger partial charge in [0, 0.05) is 6.20 Å². The number of anilines is 1. The maximum Gasteiger partial charge on any atom is 0.234 e. The molecule has 0 aliphatic carbocycles. The summed E-state index contributed by atoms with van der Waals surface area (Å²) in [5.74, 6) is 1.69. The largest absolute Gasteiger partial charge is 0.486 e. The second kappa shape index (κ2) is 8.37. The van der Waals surface area contributed by atoms with Crippen LogP contribution in [-0.2, 0) is 11.3 Å². The molecule has 7 nitrogen and oxygen atoms in total. The molecule has 5 rings (SSSR count). The zero-order valence-corrected chi connectivity index (χ0v) is 17.5. The van der Waals surface area contributed by atoms with Crippen LogP contribution in [0.25, 0.3) is 10.2 Å². The van der Waals surface area contributed by atoms with Crippen molar-refractivity contribution in [3.8, 4) is 11.5 Å². The molecule has 1 unspecified atom stereocenters. The first-order valence-corrected chi connectivity index (χ1v) is 11.2. The van der Waals surface area contributed by atoms with Gasteiger partial charge < -0.3 is 14.8 Å². The Morgan fingerprint density at radius 2 is 2.03 bits per heavy atom.